The second-order valence-corrected chi connectivity index (χ2v) is 7.16. The predicted molar refractivity (Wildman–Crippen MR) is 109 cm³/mol. The fraction of sp³-hybridized carbons (Fsp3) is 0.478. The van der Waals surface area contributed by atoms with Crippen molar-refractivity contribution in [3.05, 3.63) is 53.1 Å². The lowest BCUT2D eigenvalue weighted by molar-refractivity contribution is -0.0980. The van der Waals surface area contributed by atoms with Crippen LogP contribution in [0.3, 0.4) is 0 Å². The number of hydrogen-bond acceptors (Lipinski definition) is 5. The van der Waals surface area contributed by atoms with Gasteiger partial charge in [-0.2, -0.15) is 0 Å². The third-order valence-electron chi connectivity index (χ3n) is 5.16. The van der Waals surface area contributed by atoms with Crippen molar-refractivity contribution in [2.75, 3.05) is 27.4 Å². The minimum Gasteiger partial charge on any atom is -0.496 e. The first-order chi connectivity index (χ1) is 14.1. The lowest BCUT2D eigenvalue weighted by Gasteiger charge is -2.32. The summed E-state index contributed by atoms with van der Waals surface area (Å²) in [4.78, 5) is 0. The number of aliphatic hydroxyl groups is 1. The van der Waals surface area contributed by atoms with Gasteiger partial charge in [-0.1, -0.05) is 12.1 Å². The van der Waals surface area contributed by atoms with Gasteiger partial charge in [0.05, 0.1) is 39.6 Å². The van der Waals surface area contributed by atoms with E-state index in [1.807, 2.05) is 43.3 Å². The second-order valence-electron chi connectivity index (χ2n) is 7.16. The lowest BCUT2D eigenvalue weighted by atomic mass is 9.93. The number of ether oxygens (including phenoxy) is 4. The number of halogens is 1. The highest BCUT2D eigenvalue weighted by molar-refractivity contribution is 5.49. The smallest absolute Gasteiger partial charge is 0.128 e. The van der Waals surface area contributed by atoms with E-state index in [9.17, 15) is 9.50 Å². The minimum absolute atomic E-state index is 0.200. The monoisotopic (exact) mass is 404 g/mol. The van der Waals surface area contributed by atoms with Gasteiger partial charge in [-0.05, 0) is 36.2 Å². The van der Waals surface area contributed by atoms with Gasteiger partial charge in [0.15, 0.2) is 0 Å². The summed E-state index contributed by atoms with van der Waals surface area (Å²) in [5.41, 5.74) is 2.83. The molecule has 1 fully saturated rings. The Morgan fingerprint density at radius 1 is 1.07 bits per heavy atom. The molecular formula is C23H29FO5. The maximum absolute atomic E-state index is 14.2. The molecule has 1 N–H and O–H groups in total. The topological polar surface area (TPSA) is 57.2 Å². The van der Waals surface area contributed by atoms with Crippen LogP contribution in [0.5, 0.6) is 17.2 Å². The zero-order valence-corrected chi connectivity index (χ0v) is 17.2. The summed E-state index contributed by atoms with van der Waals surface area (Å²) in [6.45, 7) is 2.38. The molecule has 3 atom stereocenters. The predicted octanol–water partition coefficient (Wildman–Crippen LogP) is 4.24. The summed E-state index contributed by atoms with van der Waals surface area (Å²) in [7, 11) is 3.19. The molecule has 0 saturated carbocycles. The molecule has 1 unspecified atom stereocenters. The number of aliphatic hydroxyl groups excluding tert-OH is 1. The molecule has 29 heavy (non-hydrogen) atoms. The number of benzene rings is 2. The zero-order chi connectivity index (χ0) is 20.8. The van der Waals surface area contributed by atoms with Crippen molar-refractivity contribution in [3.8, 4) is 17.2 Å². The fourth-order valence-electron chi connectivity index (χ4n) is 3.75. The maximum Gasteiger partial charge on any atom is 0.128 e. The molecule has 3 rings (SSSR count). The molecule has 6 heteroatoms. The molecule has 158 valence electrons. The van der Waals surface area contributed by atoms with E-state index in [4.69, 9.17) is 18.9 Å². The van der Waals surface area contributed by atoms with Crippen LogP contribution >= 0.6 is 0 Å². The van der Waals surface area contributed by atoms with E-state index in [-0.39, 0.29) is 19.4 Å². The molecule has 1 heterocycles. The van der Waals surface area contributed by atoms with Gasteiger partial charge >= 0.3 is 0 Å². The number of methoxy groups -OCH3 is 2. The van der Waals surface area contributed by atoms with Crippen LogP contribution in [-0.4, -0.2) is 44.8 Å². The molecule has 0 spiro atoms. The van der Waals surface area contributed by atoms with Gasteiger partial charge in [0.2, 0.25) is 0 Å². The molecule has 0 aromatic heterocycles. The van der Waals surface area contributed by atoms with Crippen molar-refractivity contribution >= 4 is 0 Å². The molecule has 0 radical (unpaired) electrons. The van der Waals surface area contributed by atoms with Crippen LogP contribution in [0, 0.1) is 0 Å². The lowest BCUT2D eigenvalue weighted by Crippen LogP contribution is -2.31. The molecule has 1 aliphatic rings. The second kappa shape index (κ2) is 9.94. The average Bonchev–Trinajstić information content (AvgIpc) is 2.74. The maximum atomic E-state index is 14.2. The number of hydrogen-bond donors (Lipinski definition) is 1. The van der Waals surface area contributed by atoms with Crippen LogP contribution < -0.4 is 14.2 Å². The van der Waals surface area contributed by atoms with E-state index in [1.54, 1.807) is 14.2 Å². The quantitative estimate of drug-likeness (QED) is 0.713. The van der Waals surface area contributed by atoms with Gasteiger partial charge in [-0.25, -0.2) is 4.39 Å². The summed E-state index contributed by atoms with van der Waals surface area (Å²) >= 11 is 0. The molecule has 5 nitrogen and oxygen atoms in total. The Morgan fingerprint density at radius 2 is 1.79 bits per heavy atom. The average molecular weight is 404 g/mol. The van der Waals surface area contributed by atoms with E-state index in [0.717, 1.165) is 22.4 Å². The summed E-state index contributed by atoms with van der Waals surface area (Å²) in [5.74, 6) is 2.12. The van der Waals surface area contributed by atoms with E-state index >= 15 is 0 Å². The molecule has 2 aromatic rings. The molecule has 0 amide bonds. The Balaban J connectivity index is 1.91. The van der Waals surface area contributed by atoms with Crippen LogP contribution in [0.15, 0.2) is 36.4 Å². The first-order valence-corrected chi connectivity index (χ1v) is 9.94. The van der Waals surface area contributed by atoms with Crippen molar-refractivity contribution < 1.29 is 28.4 Å². The Hall–Kier alpha value is -2.31. The highest BCUT2D eigenvalue weighted by Crippen LogP contribution is 2.40. The Bertz CT molecular complexity index is 793. The van der Waals surface area contributed by atoms with Crippen LogP contribution in [0.25, 0.3) is 0 Å². The standard InChI is InChI=1S/C23H29FO5/c1-4-28-18-7-5-15(6-8-18)9-16-10-20(22(27-3)13-21(16)26-2)23-12-17(24)11-19(14-25)29-23/h5-8,10,13,17,19,23,25H,4,9,11-12,14H2,1-3H3/t17?,19-,23+/m0/s1. The van der Waals surface area contributed by atoms with Crippen LogP contribution in [-0.2, 0) is 11.2 Å². The van der Waals surface area contributed by atoms with Crippen molar-refractivity contribution in [2.45, 2.75) is 44.6 Å². The Labute approximate surface area is 171 Å². The molecule has 2 aromatic carbocycles. The number of alkyl halides is 1. The van der Waals surface area contributed by atoms with Gasteiger partial charge in [0.25, 0.3) is 0 Å². The van der Waals surface area contributed by atoms with E-state index in [2.05, 4.69) is 0 Å². The molecular weight excluding hydrogens is 375 g/mol. The molecule has 1 aliphatic heterocycles. The third-order valence-corrected chi connectivity index (χ3v) is 5.16. The SMILES string of the molecule is CCOc1ccc(Cc2cc([C@H]3CC(F)C[C@@H](CO)O3)c(OC)cc2OC)cc1. The molecule has 1 saturated heterocycles. The Kier molecular flexibility index (Phi) is 7.34. The summed E-state index contributed by atoms with van der Waals surface area (Å²) in [6, 6.07) is 11.7. The van der Waals surface area contributed by atoms with Gasteiger partial charge in [0.1, 0.15) is 23.4 Å². The van der Waals surface area contributed by atoms with Crippen LogP contribution in [0.1, 0.15) is 42.6 Å². The van der Waals surface area contributed by atoms with E-state index in [0.29, 0.717) is 24.5 Å². The van der Waals surface area contributed by atoms with Crippen LogP contribution in [0.4, 0.5) is 4.39 Å². The minimum atomic E-state index is -1.02. The normalized spacial score (nSPS) is 21.6. The van der Waals surface area contributed by atoms with Gasteiger partial charge in [-0.3, -0.25) is 0 Å². The van der Waals surface area contributed by atoms with Crippen molar-refractivity contribution in [1.29, 1.82) is 0 Å². The highest BCUT2D eigenvalue weighted by atomic mass is 19.1. The zero-order valence-electron chi connectivity index (χ0n) is 17.2. The largest absolute Gasteiger partial charge is 0.496 e. The molecule has 0 bridgehead atoms. The van der Waals surface area contributed by atoms with Gasteiger partial charge < -0.3 is 24.1 Å². The Morgan fingerprint density at radius 3 is 2.41 bits per heavy atom. The van der Waals surface area contributed by atoms with Crippen LogP contribution in [0.2, 0.25) is 0 Å². The summed E-state index contributed by atoms with van der Waals surface area (Å²) in [5, 5.41) is 9.44. The molecule has 0 aliphatic carbocycles. The third kappa shape index (κ3) is 5.19. The van der Waals surface area contributed by atoms with Gasteiger partial charge in [-0.15, -0.1) is 0 Å². The number of rotatable bonds is 8. The highest BCUT2D eigenvalue weighted by Gasteiger charge is 2.32. The van der Waals surface area contributed by atoms with Crippen molar-refractivity contribution in [3.63, 3.8) is 0 Å². The summed E-state index contributed by atoms with van der Waals surface area (Å²) < 4.78 is 36.7. The fourth-order valence-corrected chi connectivity index (χ4v) is 3.75. The van der Waals surface area contributed by atoms with E-state index < -0.39 is 18.4 Å². The van der Waals surface area contributed by atoms with Gasteiger partial charge in [0, 0.05) is 30.9 Å². The van der Waals surface area contributed by atoms with Crippen molar-refractivity contribution in [1.82, 2.24) is 0 Å². The first-order valence-electron chi connectivity index (χ1n) is 9.94. The van der Waals surface area contributed by atoms with E-state index in [1.165, 1.54) is 0 Å². The first kappa shape index (κ1) is 21.4. The van der Waals surface area contributed by atoms with Crippen molar-refractivity contribution in [2.24, 2.45) is 0 Å². The summed E-state index contributed by atoms with van der Waals surface area (Å²) in [6.07, 6.45) is -0.915.